The molecule has 0 aromatic heterocycles. The zero-order valence-corrected chi connectivity index (χ0v) is 13.5. The zero-order chi connectivity index (χ0) is 15.8. The molecular formula is C17H28O4. The predicted octanol–water partition coefficient (Wildman–Crippen LogP) is 3.50. The molecule has 0 amide bonds. The van der Waals surface area contributed by atoms with Crippen molar-refractivity contribution in [2.24, 2.45) is 17.8 Å². The second-order valence-corrected chi connectivity index (χ2v) is 6.20. The molecule has 0 bridgehead atoms. The van der Waals surface area contributed by atoms with Gasteiger partial charge in [-0.05, 0) is 50.9 Å². The van der Waals surface area contributed by atoms with Gasteiger partial charge in [-0.3, -0.25) is 4.79 Å². The molecule has 21 heavy (non-hydrogen) atoms. The standard InChI is InChI=1S/C17H28O4/c1-5-13(4)17(19)21-11-15-8-6-14(7-9-15)10-20-16(18)12(2)3/h13-15H,2,5-11H2,1,3-4H3. The molecule has 1 saturated carbocycles. The quantitative estimate of drug-likeness (QED) is 0.533. The summed E-state index contributed by atoms with van der Waals surface area (Å²) in [5.41, 5.74) is 0.445. The number of rotatable bonds is 7. The minimum absolute atomic E-state index is 0.0112. The van der Waals surface area contributed by atoms with Crippen LogP contribution in [0.5, 0.6) is 0 Å². The second-order valence-electron chi connectivity index (χ2n) is 6.20. The molecule has 120 valence electrons. The van der Waals surface area contributed by atoms with E-state index in [1.165, 1.54) is 0 Å². The van der Waals surface area contributed by atoms with Crippen molar-refractivity contribution in [3.05, 3.63) is 12.2 Å². The summed E-state index contributed by atoms with van der Waals surface area (Å²) in [4.78, 5) is 23.0. The van der Waals surface area contributed by atoms with E-state index < -0.39 is 0 Å². The van der Waals surface area contributed by atoms with Crippen LogP contribution >= 0.6 is 0 Å². The molecule has 1 fully saturated rings. The first-order valence-electron chi connectivity index (χ1n) is 7.93. The van der Waals surface area contributed by atoms with E-state index in [4.69, 9.17) is 9.47 Å². The van der Waals surface area contributed by atoms with E-state index in [0.717, 1.165) is 32.1 Å². The van der Waals surface area contributed by atoms with Crippen molar-refractivity contribution in [3.8, 4) is 0 Å². The Bertz CT molecular complexity index is 367. The molecule has 0 spiro atoms. The maximum Gasteiger partial charge on any atom is 0.333 e. The number of hydrogen-bond donors (Lipinski definition) is 0. The van der Waals surface area contributed by atoms with Crippen LogP contribution in [0.15, 0.2) is 12.2 Å². The number of ether oxygens (including phenoxy) is 2. The van der Waals surface area contributed by atoms with Gasteiger partial charge in [0.15, 0.2) is 0 Å². The van der Waals surface area contributed by atoms with E-state index in [9.17, 15) is 9.59 Å². The summed E-state index contributed by atoms with van der Waals surface area (Å²) in [6.45, 7) is 10.1. The summed E-state index contributed by atoms with van der Waals surface area (Å²) < 4.78 is 10.6. The van der Waals surface area contributed by atoms with E-state index in [1.54, 1.807) is 6.92 Å². The van der Waals surface area contributed by atoms with E-state index >= 15 is 0 Å². The van der Waals surface area contributed by atoms with Gasteiger partial charge in [-0.15, -0.1) is 0 Å². The fourth-order valence-electron chi connectivity index (χ4n) is 2.39. The van der Waals surface area contributed by atoms with Crippen molar-refractivity contribution in [1.82, 2.24) is 0 Å². The van der Waals surface area contributed by atoms with Gasteiger partial charge in [0.25, 0.3) is 0 Å². The summed E-state index contributed by atoms with van der Waals surface area (Å²) in [5, 5.41) is 0. The summed E-state index contributed by atoms with van der Waals surface area (Å²) in [6.07, 6.45) is 4.93. The number of esters is 2. The Morgan fingerprint density at radius 3 is 2.00 bits per heavy atom. The Morgan fingerprint density at radius 1 is 1.10 bits per heavy atom. The number of hydrogen-bond acceptors (Lipinski definition) is 4. The van der Waals surface area contributed by atoms with Gasteiger partial charge in [-0.1, -0.05) is 20.4 Å². The minimum atomic E-state index is -0.306. The number of carbonyl (C=O) groups excluding carboxylic acids is 2. The van der Waals surface area contributed by atoms with Gasteiger partial charge >= 0.3 is 11.9 Å². The van der Waals surface area contributed by atoms with Crippen LogP contribution in [0.2, 0.25) is 0 Å². The Hall–Kier alpha value is -1.32. The van der Waals surface area contributed by atoms with Gasteiger partial charge in [0.1, 0.15) is 0 Å². The van der Waals surface area contributed by atoms with E-state index in [1.807, 2.05) is 13.8 Å². The molecule has 1 atom stereocenters. The van der Waals surface area contributed by atoms with E-state index in [-0.39, 0.29) is 17.9 Å². The van der Waals surface area contributed by atoms with Crippen molar-refractivity contribution >= 4 is 11.9 Å². The van der Waals surface area contributed by atoms with E-state index in [2.05, 4.69) is 6.58 Å². The molecule has 0 N–H and O–H groups in total. The fraction of sp³-hybridized carbons (Fsp3) is 0.765. The summed E-state index contributed by atoms with van der Waals surface area (Å²) in [5.74, 6) is 0.471. The molecule has 1 aliphatic rings. The lowest BCUT2D eigenvalue weighted by Gasteiger charge is -2.28. The fourth-order valence-corrected chi connectivity index (χ4v) is 2.39. The van der Waals surface area contributed by atoms with Gasteiger partial charge in [0, 0.05) is 5.57 Å². The Balaban J connectivity index is 2.19. The van der Waals surface area contributed by atoms with Crippen molar-refractivity contribution in [1.29, 1.82) is 0 Å². The highest BCUT2D eigenvalue weighted by atomic mass is 16.5. The predicted molar refractivity (Wildman–Crippen MR) is 81.6 cm³/mol. The highest BCUT2D eigenvalue weighted by Crippen LogP contribution is 2.29. The van der Waals surface area contributed by atoms with Gasteiger partial charge < -0.3 is 9.47 Å². The van der Waals surface area contributed by atoms with Crippen molar-refractivity contribution in [3.63, 3.8) is 0 Å². The van der Waals surface area contributed by atoms with Gasteiger partial charge in [-0.2, -0.15) is 0 Å². The molecule has 0 aromatic carbocycles. The van der Waals surface area contributed by atoms with E-state index in [0.29, 0.717) is 30.6 Å². The van der Waals surface area contributed by atoms with Gasteiger partial charge in [0.05, 0.1) is 19.1 Å². The van der Waals surface area contributed by atoms with Gasteiger partial charge in [0.2, 0.25) is 0 Å². The second kappa shape index (κ2) is 8.85. The Kier molecular flexibility index (Phi) is 7.48. The third-order valence-corrected chi connectivity index (χ3v) is 4.24. The third kappa shape index (κ3) is 6.32. The van der Waals surface area contributed by atoms with Crippen LogP contribution < -0.4 is 0 Å². The maximum atomic E-state index is 11.6. The normalized spacial score (nSPS) is 23.2. The number of carbonyl (C=O) groups is 2. The monoisotopic (exact) mass is 296 g/mol. The van der Waals surface area contributed by atoms with Crippen LogP contribution in [0.4, 0.5) is 0 Å². The highest BCUT2D eigenvalue weighted by Gasteiger charge is 2.24. The van der Waals surface area contributed by atoms with Crippen molar-refractivity contribution in [2.75, 3.05) is 13.2 Å². The molecule has 0 aromatic rings. The Labute approximate surface area is 127 Å². The smallest absolute Gasteiger partial charge is 0.333 e. The lowest BCUT2D eigenvalue weighted by atomic mass is 9.83. The average molecular weight is 296 g/mol. The molecule has 1 unspecified atom stereocenters. The molecule has 0 saturated heterocycles. The van der Waals surface area contributed by atoms with Crippen LogP contribution in [-0.4, -0.2) is 25.2 Å². The third-order valence-electron chi connectivity index (χ3n) is 4.24. The SMILES string of the molecule is C=C(C)C(=O)OCC1CCC(COC(=O)C(C)CC)CC1. The topological polar surface area (TPSA) is 52.6 Å². The zero-order valence-electron chi connectivity index (χ0n) is 13.5. The maximum absolute atomic E-state index is 11.6. The first-order chi connectivity index (χ1) is 9.93. The molecule has 1 rings (SSSR count). The van der Waals surface area contributed by atoms with Crippen molar-refractivity contribution < 1.29 is 19.1 Å². The highest BCUT2D eigenvalue weighted by molar-refractivity contribution is 5.86. The summed E-state index contributed by atoms with van der Waals surface area (Å²) in [6, 6.07) is 0. The molecule has 4 heteroatoms. The van der Waals surface area contributed by atoms with Crippen LogP contribution in [0.3, 0.4) is 0 Å². The minimum Gasteiger partial charge on any atom is -0.465 e. The van der Waals surface area contributed by atoms with Crippen LogP contribution in [0, 0.1) is 17.8 Å². The van der Waals surface area contributed by atoms with Crippen LogP contribution in [-0.2, 0) is 19.1 Å². The summed E-state index contributed by atoms with van der Waals surface area (Å²) in [7, 11) is 0. The molecule has 0 heterocycles. The Morgan fingerprint density at radius 2 is 1.57 bits per heavy atom. The molecular weight excluding hydrogens is 268 g/mol. The molecule has 1 aliphatic carbocycles. The average Bonchev–Trinajstić information content (AvgIpc) is 2.50. The first kappa shape index (κ1) is 17.7. The largest absolute Gasteiger partial charge is 0.465 e. The van der Waals surface area contributed by atoms with Crippen molar-refractivity contribution in [2.45, 2.75) is 52.9 Å². The molecule has 4 nitrogen and oxygen atoms in total. The lowest BCUT2D eigenvalue weighted by Crippen LogP contribution is -2.25. The lowest BCUT2D eigenvalue weighted by molar-refractivity contribution is -0.150. The van der Waals surface area contributed by atoms with Crippen LogP contribution in [0.1, 0.15) is 52.9 Å². The van der Waals surface area contributed by atoms with Crippen LogP contribution in [0.25, 0.3) is 0 Å². The molecule has 0 aliphatic heterocycles. The molecule has 0 radical (unpaired) electrons. The first-order valence-corrected chi connectivity index (χ1v) is 7.93. The van der Waals surface area contributed by atoms with Gasteiger partial charge in [-0.25, -0.2) is 4.79 Å². The summed E-state index contributed by atoms with van der Waals surface area (Å²) >= 11 is 0.